The minimum Gasteiger partial charge on any atom is -0.497 e. The van der Waals surface area contributed by atoms with Crippen LogP contribution in [0.4, 0.5) is 0 Å². The number of hydrogen-bond donors (Lipinski definition) is 2. The molecule has 0 radical (unpaired) electrons. The van der Waals surface area contributed by atoms with Crippen LogP contribution in [0.2, 0.25) is 0 Å². The molecule has 0 spiro atoms. The van der Waals surface area contributed by atoms with Crippen LogP contribution in [0, 0.1) is 5.41 Å². The summed E-state index contributed by atoms with van der Waals surface area (Å²) >= 11 is 2.13. The fourth-order valence-corrected chi connectivity index (χ4v) is 8.11. The maximum atomic E-state index is 13.0. The molecule has 3 heterocycles. The highest BCUT2D eigenvalue weighted by atomic mass is 32.2. The number of rotatable bonds is 12. The van der Waals surface area contributed by atoms with Crippen molar-refractivity contribution in [3.63, 3.8) is 0 Å². The van der Waals surface area contributed by atoms with E-state index in [2.05, 4.69) is 27.6 Å². The number of aryl methyl sites for hydroxylation is 1. The molecule has 5 rings (SSSR count). The van der Waals surface area contributed by atoms with Crippen LogP contribution in [0.5, 0.6) is 5.75 Å². The van der Waals surface area contributed by atoms with Crippen molar-refractivity contribution in [2.24, 2.45) is 5.41 Å². The molecule has 2 aliphatic heterocycles. The van der Waals surface area contributed by atoms with Gasteiger partial charge in [-0.1, -0.05) is 12.8 Å². The van der Waals surface area contributed by atoms with Gasteiger partial charge in [-0.15, -0.1) is 0 Å². The lowest BCUT2D eigenvalue weighted by Gasteiger charge is -2.40. The summed E-state index contributed by atoms with van der Waals surface area (Å²) in [6.45, 7) is 7.13. The monoisotopic (exact) mass is 570 g/mol. The highest BCUT2D eigenvalue weighted by Gasteiger charge is 2.40. The molecule has 1 aromatic heterocycles. The van der Waals surface area contributed by atoms with E-state index in [-0.39, 0.29) is 5.91 Å². The Hall–Kier alpha value is -1.91. The quantitative estimate of drug-likeness (QED) is 0.282. The van der Waals surface area contributed by atoms with Gasteiger partial charge in [0.05, 0.1) is 31.3 Å². The molecule has 1 aliphatic carbocycles. The number of amides is 1. The fraction of sp³-hybridized carbons (Fsp3) is 0.677. The van der Waals surface area contributed by atoms with Crippen molar-refractivity contribution in [3.8, 4) is 5.75 Å². The summed E-state index contributed by atoms with van der Waals surface area (Å²) in [5, 5.41) is 11.6. The first-order valence-electron chi connectivity index (χ1n) is 15.1. The van der Waals surface area contributed by atoms with E-state index in [0.717, 1.165) is 106 Å². The molecule has 9 heteroatoms. The number of likely N-dealkylation sites (tertiary alicyclic amines) is 1. The molecular weight excluding hydrogens is 524 g/mol. The van der Waals surface area contributed by atoms with E-state index in [1.165, 1.54) is 42.6 Å². The van der Waals surface area contributed by atoms with Gasteiger partial charge in [-0.3, -0.25) is 19.9 Å². The summed E-state index contributed by atoms with van der Waals surface area (Å²) in [5.41, 5.74) is 4.99. The number of piperidine rings is 1. The zero-order valence-corrected chi connectivity index (χ0v) is 24.9. The molecule has 3 aliphatic rings. The van der Waals surface area contributed by atoms with Gasteiger partial charge in [-0.05, 0) is 87.4 Å². The van der Waals surface area contributed by atoms with Crippen LogP contribution in [-0.2, 0) is 22.5 Å². The molecule has 1 saturated carbocycles. The Morgan fingerprint density at radius 2 is 1.95 bits per heavy atom. The Labute approximate surface area is 243 Å². The Bertz CT molecular complexity index is 1110. The second-order valence-electron chi connectivity index (χ2n) is 11.7. The maximum Gasteiger partial charge on any atom is 0.249 e. The van der Waals surface area contributed by atoms with Crippen molar-refractivity contribution < 1.29 is 19.5 Å². The van der Waals surface area contributed by atoms with Gasteiger partial charge < -0.3 is 14.4 Å². The predicted molar refractivity (Wildman–Crippen MR) is 160 cm³/mol. The van der Waals surface area contributed by atoms with Gasteiger partial charge in [0.25, 0.3) is 0 Å². The molecule has 1 amide bonds. The third-order valence-electron chi connectivity index (χ3n) is 9.32. The van der Waals surface area contributed by atoms with E-state index in [9.17, 15) is 10.0 Å². The van der Waals surface area contributed by atoms with Crippen LogP contribution < -0.4 is 10.2 Å². The summed E-state index contributed by atoms with van der Waals surface area (Å²) in [4.78, 5) is 22.7. The summed E-state index contributed by atoms with van der Waals surface area (Å²) in [6.07, 6.45) is 11.6. The van der Waals surface area contributed by atoms with Crippen LogP contribution in [0.25, 0.3) is 10.9 Å². The lowest BCUT2D eigenvalue weighted by molar-refractivity contribution is -0.143. The maximum absolute atomic E-state index is 13.0. The Morgan fingerprint density at radius 1 is 1.18 bits per heavy atom. The minimum atomic E-state index is -0.519. The smallest absolute Gasteiger partial charge is 0.249 e. The summed E-state index contributed by atoms with van der Waals surface area (Å²) < 4.78 is 11.1. The van der Waals surface area contributed by atoms with Crippen molar-refractivity contribution >= 4 is 28.6 Å². The molecule has 1 aromatic carbocycles. The van der Waals surface area contributed by atoms with Crippen LogP contribution in [0.3, 0.4) is 0 Å². The molecule has 0 unspecified atom stereocenters. The summed E-state index contributed by atoms with van der Waals surface area (Å²) in [6, 6.07) is 6.08. The molecule has 8 nitrogen and oxygen atoms in total. The highest BCUT2D eigenvalue weighted by Crippen LogP contribution is 2.38. The van der Waals surface area contributed by atoms with Crippen LogP contribution in [-0.4, -0.2) is 89.9 Å². The zero-order chi connectivity index (χ0) is 27.8. The number of morpholine rings is 1. The zero-order valence-electron chi connectivity index (χ0n) is 24.0. The van der Waals surface area contributed by atoms with E-state index in [1.54, 1.807) is 7.11 Å². The fourth-order valence-electron chi connectivity index (χ4n) is 6.75. The standard InChI is InChI=1S/C31H46N4O4S/c1-38-25-8-9-29-28(21-25)27(24(22-32-29)23-35-15-18-39-19-16-35)7-4-10-31(30(36)33-37)11-13-34(14-12-31)17-20-40-26-5-2-3-6-26/h8-9,21-22,26,37H,2-7,10-20,23H2,1H3,(H,33,36). The number of hydroxylamine groups is 1. The van der Waals surface area contributed by atoms with Gasteiger partial charge in [0.2, 0.25) is 5.91 Å². The molecule has 40 heavy (non-hydrogen) atoms. The van der Waals surface area contributed by atoms with Crippen molar-refractivity contribution in [1.29, 1.82) is 0 Å². The van der Waals surface area contributed by atoms with Gasteiger partial charge in [-0.25, -0.2) is 5.48 Å². The first-order chi connectivity index (χ1) is 19.6. The molecule has 2 N–H and O–H groups in total. The van der Waals surface area contributed by atoms with E-state index >= 15 is 0 Å². The molecule has 2 saturated heterocycles. The number of hydrogen-bond acceptors (Lipinski definition) is 8. The number of methoxy groups -OCH3 is 1. The van der Waals surface area contributed by atoms with Crippen molar-refractivity contribution in [2.75, 3.05) is 58.8 Å². The number of fused-ring (bicyclic) bond motifs is 1. The topological polar surface area (TPSA) is 87.2 Å². The van der Waals surface area contributed by atoms with Crippen molar-refractivity contribution in [1.82, 2.24) is 20.3 Å². The number of carbonyl (C=O) groups excluding carboxylic acids is 1. The normalized spacial score (nSPS) is 20.6. The summed E-state index contributed by atoms with van der Waals surface area (Å²) in [7, 11) is 1.70. The number of thioether (sulfide) groups is 1. The number of ether oxygens (including phenoxy) is 2. The second-order valence-corrected chi connectivity index (χ2v) is 13.1. The summed E-state index contributed by atoms with van der Waals surface area (Å²) in [5.74, 6) is 1.78. The van der Waals surface area contributed by atoms with Gasteiger partial charge in [-0.2, -0.15) is 11.8 Å². The van der Waals surface area contributed by atoms with E-state index in [1.807, 2.05) is 23.8 Å². The van der Waals surface area contributed by atoms with Crippen LogP contribution in [0.1, 0.15) is 62.5 Å². The average Bonchev–Trinajstić information content (AvgIpc) is 3.52. The number of benzene rings is 1. The van der Waals surface area contributed by atoms with E-state index in [0.29, 0.717) is 0 Å². The van der Waals surface area contributed by atoms with E-state index < -0.39 is 5.41 Å². The number of nitrogens with one attached hydrogen (secondary N) is 1. The SMILES string of the molecule is COc1ccc2ncc(CN3CCOCC3)c(CCCC3(C(=O)NO)CCN(CCSC4CCCC4)CC3)c2c1. The molecule has 0 atom stereocenters. The predicted octanol–water partition coefficient (Wildman–Crippen LogP) is 4.66. The van der Waals surface area contributed by atoms with Crippen molar-refractivity contribution in [3.05, 3.63) is 35.5 Å². The number of nitrogens with zero attached hydrogens (tertiary/aromatic N) is 3. The Kier molecular flexibility index (Phi) is 10.6. The lowest BCUT2D eigenvalue weighted by Crippen LogP contribution is -2.48. The number of carbonyl (C=O) groups is 1. The van der Waals surface area contributed by atoms with Gasteiger partial charge in [0, 0.05) is 48.8 Å². The number of pyridine rings is 1. The third-order valence-corrected chi connectivity index (χ3v) is 10.7. The first-order valence-corrected chi connectivity index (χ1v) is 16.2. The van der Waals surface area contributed by atoms with Crippen molar-refractivity contribution in [2.45, 2.75) is 69.6 Å². The molecule has 0 bridgehead atoms. The first kappa shape index (κ1) is 29.6. The molecule has 220 valence electrons. The number of aromatic nitrogens is 1. The highest BCUT2D eigenvalue weighted by molar-refractivity contribution is 7.99. The van der Waals surface area contributed by atoms with E-state index in [4.69, 9.17) is 14.5 Å². The second kappa shape index (κ2) is 14.3. The molecule has 2 aromatic rings. The van der Waals surface area contributed by atoms with Gasteiger partial charge in [0.1, 0.15) is 5.75 Å². The lowest BCUT2D eigenvalue weighted by atomic mass is 9.73. The molecule has 3 fully saturated rings. The molecular formula is C31H46N4O4S. The largest absolute Gasteiger partial charge is 0.497 e. The average molecular weight is 571 g/mol. The van der Waals surface area contributed by atoms with Crippen LogP contribution >= 0.6 is 11.8 Å². The Balaban J connectivity index is 1.25. The van der Waals surface area contributed by atoms with Crippen LogP contribution in [0.15, 0.2) is 24.4 Å². The minimum absolute atomic E-state index is 0.220. The third kappa shape index (κ3) is 7.29. The van der Waals surface area contributed by atoms with Gasteiger partial charge in [0.15, 0.2) is 0 Å². The van der Waals surface area contributed by atoms with Gasteiger partial charge >= 0.3 is 0 Å². The Morgan fingerprint density at radius 3 is 2.67 bits per heavy atom.